The minimum absolute atomic E-state index is 0.0258. The molecule has 4 nitrogen and oxygen atoms in total. The number of carbonyl (C=O) groups is 1. The van der Waals surface area contributed by atoms with Crippen molar-refractivity contribution in [2.45, 2.75) is 39.5 Å². The Balaban J connectivity index is 2.47. The molecule has 0 aliphatic heterocycles. The zero-order valence-corrected chi connectivity index (χ0v) is 9.20. The van der Waals surface area contributed by atoms with Crippen molar-refractivity contribution in [2.75, 3.05) is 0 Å². The van der Waals surface area contributed by atoms with Gasteiger partial charge in [0.05, 0.1) is 5.69 Å². The van der Waals surface area contributed by atoms with Gasteiger partial charge in [0.25, 0.3) is 0 Å². The Morgan fingerprint density at radius 3 is 2.87 bits per heavy atom. The highest BCUT2D eigenvalue weighted by Gasteiger charge is 2.39. The minimum Gasteiger partial charge on any atom is -0.481 e. The van der Waals surface area contributed by atoms with Crippen molar-refractivity contribution in [1.29, 1.82) is 0 Å². The smallest absolute Gasteiger partial charge is 0.312 e. The molecular weight excluding hydrogens is 194 g/mol. The second kappa shape index (κ2) is 3.08. The highest BCUT2D eigenvalue weighted by Crippen LogP contribution is 2.41. The van der Waals surface area contributed by atoms with E-state index in [0.717, 1.165) is 12.2 Å². The third-order valence-corrected chi connectivity index (χ3v) is 2.86. The lowest BCUT2D eigenvalue weighted by Gasteiger charge is -2.31. The summed E-state index contributed by atoms with van der Waals surface area (Å²) in [6.07, 6.45) is 1.40. The van der Waals surface area contributed by atoms with Crippen molar-refractivity contribution in [3.05, 3.63) is 17.3 Å². The summed E-state index contributed by atoms with van der Waals surface area (Å²) in [7, 11) is 0. The largest absolute Gasteiger partial charge is 0.481 e. The van der Waals surface area contributed by atoms with Gasteiger partial charge in [0.15, 0.2) is 5.89 Å². The lowest BCUT2D eigenvalue weighted by atomic mass is 9.73. The normalized spacial score (nSPS) is 23.5. The minimum atomic E-state index is -0.808. The summed E-state index contributed by atoms with van der Waals surface area (Å²) < 4.78 is 5.45. The fraction of sp³-hybridized carbons (Fsp3) is 0.636. The fourth-order valence-corrected chi connectivity index (χ4v) is 2.24. The lowest BCUT2D eigenvalue weighted by molar-refractivity contribution is -0.140. The summed E-state index contributed by atoms with van der Waals surface area (Å²) in [4.78, 5) is 15.3. The number of hydrogen-bond donors (Lipinski definition) is 1. The van der Waals surface area contributed by atoms with Crippen molar-refractivity contribution < 1.29 is 14.3 Å². The van der Waals surface area contributed by atoms with E-state index in [0.29, 0.717) is 18.0 Å². The number of nitrogens with zero attached hydrogens (tertiary/aromatic N) is 1. The molecule has 1 heterocycles. The van der Waals surface area contributed by atoms with Crippen LogP contribution < -0.4 is 0 Å². The molecule has 0 amide bonds. The zero-order valence-electron chi connectivity index (χ0n) is 9.20. The van der Waals surface area contributed by atoms with Gasteiger partial charge in [0.2, 0.25) is 0 Å². The summed E-state index contributed by atoms with van der Waals surface area (Å²) in [5.74, 6) is -0.0152. The molecule has 1 aromatic rings. The third kappa shape index (κ3) is 1.76. The van der Waals surface area contributed by atoms with Gasteiger partial charge in [-0.1, -0.05) is 13.8 Å². The number of rotatable bonds is 1. The van der Waals surface area contributed by atoms with Gasteiger partial charge in [0.1, 0.15) is 11.7 Å². The van der Waals surface area contributed by atoms with Crippen LogP contribution in [0.4, 0.5) is 0 Å². The van der Waals surface area contributed by atoms with E-state index >= 15 is 0 Å². The van der Waals surface area contributed by atoms with Crippen molar-refractivity contribution in [3.8, 4) is 0 Å². The second-order valence-electron chi connectivity index (χ2n) is 4.98. The Labute approximate surface area is 88.3 Å². The molecule has 1 atom stereocenters. The Morgan fingerprint density at radius 1 is 1.60 bits per heavy atom. The second-order valence-corrected chi connectivity index (χ2v) is 4.98. The van der Waals surface area contributed by atoms with Crippen LogP contribution in [0, 0.1) is 12.3 Å². The van der Waals surface area contributed by atoms with Crippen molar-refractivity contribution in [1.82, 2.24) is 4.98 Å². The highest BCUT2D eigenvalue weighted by atomic mass is 16.4. The Morgan fingerprint density at radius 2 is 2.27 bits per heavy atom. The maximum absolute atomic E-state index is 11.1. The number of oxazole rings is 1. The van der Waals surface area contributed by atoms with Crippen molar-refractivity contribution in [2.24, 2.45) is 5.41 Å². The number of fused-ring (bicyclic) bond motifs is 1. The SMILES string of the molecule is Cc1nc2c(o1)CC(C)(C)CC2C(=O)O. The van der Waals surface area contributed by atoms with Crippen LogP contribution in [0.15, 0.2) is 4.42 Å². The van der Waals surface area contributed by atoms with E-state index in [4.69, 9.17) is 9.52 Å². The first-order chi connectivity index (χ1) is 6.89. The molecule has 2 rings (SSSR count). The maximum Gasteiger partial charge on any atom is 0.312 e. The highest BCUT2D eigenvalue weighted by molar-refractivity contribution is 5.76. The summed E-state index contributed by atoms with van der Waals surface area (Å²) in [5, 5.41) is 9.14. The van der Waals surface area contributed by atoms with E-state index in [1.165, 1.54) is 0 Å². The molecule has 0 aromatic carbocycles. The molecular formula is C11H15NO3. The van der Waals surface area contributed by atoms with Crippen molar-refractivity contribution >= 4 is 5.97 Å². The van der Waals surface area contributed by atoms with Crippen LogP contribution in [-0.4, -0.2) is 16.1 Å². The standard InChI is InChI=1S/C11H15NO3/c1-6-12-9-7(10(13)14)4-11(2,3)5-8(9)15-6/h7H,4-5H2,1-3H3,(H,13,14). The average molecular weight is 209 g/mol. The van der Waals surface area contributed by atoms with Crippen LogP contribution in [-0.2, 0) is 11.2 Å². The number of aliphatic carboxylic acids is 1. The Kier molecular flexibility index (Phi) is 2.10. The third-order valence-electron chi connectivity index (χ3n) is 2.86. The topological polar surface area (TPSA) is 63.3 Å². The van der Waals surface area contributed by atoms with Gasteiger partial charge in [-0.2, -0.15) is 0 Å². The van der Waals surface area contributed by atoms with E-state index in [9.17, 15) is 4.79 Å². The zero-order chi connectivity index (χ0) is 11.2. The summed E-state index contributed by atoms with van der Waals surface area (Å²) in [6, 6.07) is 0. The molecule has 4 heteroatoms. The van der Waals surface area contributed by atoms with Gasteiger partial charge in [-0.25, -0.2) is 4.98 Å². The van der Waals surface area contributed by atoms with Gasteiger partial charge < -0.3 is 9.52 Å². The molecule has 0 saturated carbocycles. The molecule has 1 aliphatic rings. The van der Waals surface area contributed by atoms with Crippen LogP contribution in [0.5, 0.6) is 0 Å². The average Bonchev–Trinajstić information content (AvgIpc) is 2.41. The number of carboxylic acid groups (broad SMARTS) is 1. The molecule has 1 N–H and O–H groups in total. The predicted molar refractivity (Wildman–Crippen MR) is 53.7 cm³/mol. The molecule has 0 fully saturated rings. The Hall–Kier alpha value is -1.32. The van der Waals surface area contributed by atoms with Crippen LogP contribution in [0.1, 0.15) is 43.5 Å². The summed E-state index contributed by atoms with van der Waals surface area (Å²) >= 11 is 0. The van der Waals surface area contributed by atoms with Gasteiger partial charge in [-0.3, -0.25) is 4.79 Å². The number of aryl methyl sites for hydroxylation is 1. The first-order valence-electron chi connectivity index (χ1n) is 5.08. The first kappa shape index (κ1) is 10.2. The van der Waals surface area contributed by atoms with Gasteiger partial charge in [-0.15, -0.1) is 0 Å². The first-order valence-corrected chi connectivity index (χ1v) is 5.08. The predicted octanol–water partition coefficient (Wildman–Crippen LogP) is 2.12. The van der Waals surface area contributed by atoms with Crippen LogP contribution >= 0.6 is 0 Å². The van der Waals surface area contributed by atoms with E-state index in [1.54, 1.807) is 6.92 Å². The molecule has 0 saturated heterocycles. The number of aromatic nitrogens is 1. The fourth-order valence-electron chi connectivity index (χ4n) is 2.24. The number of hydrogen-bond acceptors (Lipinski definition) is 3. The molecule has 0 spiro atoms. The summed E-state index contributed by atoms with van der Waals surface area (Å²) in [6.45, 7) is 5.87. The number of carboxylic acids is 1. The van der Waals surface area contributed by atoms with Crippen LogP contribution in [0.2, 0.25) is 0 Å². The molecule has 1 unspecified atom stereocenters. The molecule has 0 radical (unpaired) electrons. The van der Waals surface area contributed by atoms with Crippen LogP contribution in [0.3, 0.4) is 0 Å². The van der Waals surface area contributed by atoms with E-state index < -0.39 is 11.9 Å². The molecule has 82 valence electrons. The van der Waals surface area contributed by atoms with Crippen molar-refractivity contribution in [3.63, 3.8) is 0 Å². The lowest BCUT2D eigenvalue weighted by Crippen LogP contribution is -2.29. The molecule has 0 bridgehead atoms. The monoisotopic (exact) mass is 209 g/mol. The van der Waals surface area contributed by atoms with Gasteiger partial charge in [0, 0.05) is 13.3 Å². The van der Waals surface area contributed by atoms with Gasteiger partial charge in [-0.05, 0) is 11.8 Å². The molecule has 1 aromatic heterocycles. The van der Waals surface area contributed by atoms with Crippen LogP contribution in [0.25, 0.3) is 0 Å². The van der Waals surface area contributed by atoms with E-state index in [1.807, 2.05) is 0 Å². The summed E-state index contributed by atoms with van der Waals surface area (Å²) in [5.41, 5.74) is 0.599. The Bertz CT molecular complexity index is 406. The maximum atomic E-state index is 11.1. The van der Waals surface area contributed by atoms with E-state index in [-0.39, 0.29) is 5.41 Å². The quantitative estimate of drug-likeness (QED) is 0.769. The molecule has 15 heavy (non-hydrogen) atoms. The van der Waals surface area contributed by atoms with Gasteiger partial charge >= 0.3 is 5.97 Å². The molecule has 1 aliphatic carbocycles. The van der Waals surface area contributed by atoms with E-state index in [2.05, 4.69) is 18.8 Å².